The summed E-state index contributed by atoms with van der Waals surface area (Å²) in [5.41, 5.74) is 0. The minimum atomic E-state index is 0.373. The van der Waals surface area contributed by atoms with Gasteiger partial charge in [-0.25, -0.2) is 0 Å². The average molecular weight is 231 g/mol. The predicted molar refractivity (Wildman–Crippen MR) is 62.6 cm³/mol. The van der Waals surface area contributed by atoms with Crippen LogP contribution in [-0.2, 0) is 0 Å². The van der Waals surface area contributed by atoms with E-state index in [4.69, 9.17) is 11.6 Å². The van der Waals surface area contributed by atoms with Crippen molar-refractivity contribution < 1.29 is 0 Å². The van der Waals surface area contributed by atoms with E-state index < -0.39 is 0 Å². The largest absolute Gasteiger partial charge is 0.327 e. The van der Waals surface area contributed by atoms with Gasteiger partial charge in [-0.1, -0.05) is 6.42 Å². The summed E-state index contributed by atoms with van der Waals surface area (Å²) < 4.78 is 0. The highest BCUT2D eigenvalue weighted by Crippen LogP contribution is 2.18. The van der Waals surface area contributed by atoms with Crippen molar-refractivity contribution in [2.75, 3.05) is 19.8 Å². The van der Waals surface area contributed by atoms with Crippen LogP contribution in [0.25, 0.3) is 0 Å². The molecule has 0 aliphatic carbocycles. The summed E-state index contributed by atoms with van der Waals surface area (Å²) in [6, 6.07) is 0. The van der Waals surface area contributed by atoms with Crippen LogP contribution in [0.3, 0.4) is 0 Å². The molecule has 0 saturated carbocycles. The lowest BCUT2D eigenvalue weighted by atomic mass is 10.2. The second kappa shape index (κ2) is 5.03. The van der Waals surface area contributed by atoms with Gasteiger partial charge in [0.2, 0.25) is 5.29 Å². The van der Waals surface area contributed by atoms with Crippen LogP contribution in [0.1, 0.15) is 32.6 Å². The van der Waals surface area contributed by atoms with Gasteiger partial charge in [0.05, 0.1) is 6.17 Å². The highest BCUT2D eigenvalue weighted by atomic mass is 35.5. The molecule has 2 aliphatic rings. The number of hydrogen-bond donors (Lipinski definition) is 1. The Morgan fingerprint density at radius 3 is 3.07 bits per heavy atom. The van der Waals surface area contributed by atoms with Gasteiger partial charge in [-0.05, 0) is 44.3 Å². The van der Waals surface area contributed by atoms with Crippen LogP contribution in [0.5, 0.6) is 0 Å². The minimum absolute atomic E-state index is 0.373. The van der Waals surface area contributed by atoms with Crippen LogP contribution in [0.2, 0.25) is 0 Å². The Morgan fingerprint density at radius 1 is 1.47 bits per heavy atom. The van der Waals surface area contributed by atoms with E-state index in [2.05, 4.69) is 27.3 Å². The van der Waals surface area contributed by atoms with Gasteiger partial charge >= 0.3 is 0 Å². The van der Waals surface area contributed by atoms with E-state index in [9.17, 15) is 0 Å². The molecule has 1 atom stereocenters. The van der Waals surface area contributed by atoms with Crippen molar-refractivity contribution >= 4 is 16.9 Å². The first-order chi connectivity index (χ1) is 7.31. The zero-order valence-electron chi connectivity index (χ0n) is 9.25. The van der Waals surface area contributed by atoms with E-state index in [-0.39, 0.29) is 0 Å². The molecular weight excluding hydrogens is 212 g/mol. The van der Waals surface area contributed by atoms with Crippen LogP contribution in [-0.4, -0.2) is 41.1 Å². The molecule has 1 fully saturated rings. The van der Waals surface area contributed by atoms with Crippen molar-refractivity contribution in [3.8, 4) is 0 Å². The van der Waals surface area contributed by atoms with Gasteiger partial charge in [-0.15, -0.1) is 5.10 Å². The molecule has 5 heteroatoms. The second-order valence-electron chi connectivity index (χ2n) is 4.13. The Morgan fingerprint density at radius 2 is 2.33 bits per heavy atom. The molecule has 0 aromatic heterocycles. The van der Waals surface area contributed by atoms with Gasteiger partial charge in [0.1, 0.15) is 6.67 Å². The fourth-order valence-electron chi connectivity index (χ4n) is 2.10. The molecule has 1 unspecified atom stereocenters. The predicted octanol–water partition coefficient (Wildman–Crippen LogP) is 1.58. The number of nitrogens with one attached hydrogen (secondary N) is 1. The van der Waals surface area contributed by atoms with Crippen molar-refractivity contribution in [1.29, 1.82) is 0 Å². The molecule has 2 aliphatic heterocycles. The van der Waals surface area contributed by atoms with Gasteiger partial charge in [0.25, 0.3) is 0 Å². The fraction of sp³-hybridized carbons (Fsp3) is 0.900. The van der Waals surface area contributed by atoms with Crippen LogP contribution >= 0.6 is 11.6 Å². The quantitative estimate of drug-likeness (QED) is 0.731. The van der Waals surface area contributed by atoms with Crippen LogP contribution in [0, 0.1) is 0 Å². The van der Waals surface area contributed by atoms with E-state index in [1.54, 1.807) is 0 Å². The summed E-state index contributed by atoms with van der Waals surface area (Å²) in [7, 11) is 0. The molecule has 1 saturated heterocycles. The monoisotopic (exact) mass is 230 g/mol. The number of nitrogens with zero attached hydrogens (tertiary/aromatic N) is 3. The third-order valence-corrected chi connectivity index (χ3v) is 3.38. The van der Waals surface area contributed by atoms with Crippen molar-refractivity contribution in [3.63, 3.8) is 0 Å². The smallest absolute Gasteiger partial charge is 0.218 e. The third kappa shape index (κ3) is 2.55. The molecule has 0 spiro atoms. The molecule has 1 N–H and O–H groups in total. The summed E-state index contributed by atoms with van der Waals surface area (Å²) in [6.45, 7) is 4.95. The van der Waals surface area contributed by atoms with Crippen LogP contribution in [0.15, 0.2) is 5.10 Å². The van der Waals surface area contributed by atoms with Gasteiger partial charge in [-0.2, -0.15) is 0 Å². The summed E-state index contributed by atoms with van der Waals surface area (Å²) in [6.07, 6.45) is 5.43. The van der Waals surface area contributed by atoms with Crippen molar-refractivity contribution in [3.05, 3.63) is 0 Å². The number of halogens is 1. The molecule has 4 nitrogen and oxygen atoms in total. The van der Waals surface area contributed by atoms with E-state index in [1.807, 2.05) is 0 Å². The second-order valence-corrected chi connectivity index (χ2v) is 4.46. The fourth-order valence-corrected chi connectivity index (χ4v) is 2.37. The minimum Gasteiger partial charge on any atom is -0.327 e. The van der Waals surface area contributed by atoms with Crippen molar-refractivity contribution in [1.82, 2.24) is 15.2 Å². The molecular formula is C10H19ClN4. The van der Waals surface area contributed by atoms with Crippen LogP contribution in [0.4, 0.5) is 0 Å². The Balaban J connectivity index is 1.94. The number of amidine groups is 1. The van der Waals surface area contributed by atoms with E-state index in [0.717, 1.165) is 19.8 Å². The Bertz CT molecular complexity index is 236. The van der Waals surface area contributed by atoms with Crippen molar-refractivity contribution in [2.24, 2.45) is 5.10 Å². The highest BCUT2D eigenvalue weighted by molar-refractivity contribution is 6.64. The number of hydrogen-bond acceptors (Lipinski definition) is 4. The first-order valence-corrected chi connectivity index (χ1v) is 6.18. The summed E-state index contributed by atoms with van der Waals surface area (Å²) in [5, 5.41) is 10.6. The topological polar surface area (TPSA) is 30.9 Å². The summed E-state index contributed by atoms with van der Waals surface area (Å²) in [5.74, 6) is 0. The number of hydrazone groups is 1. The molecule has 0 aromatic carbocycles. The molecule has 0 aromatic rings. The van der Waals surface area contributed by atoms with Gasteiger partial charge in [0, 0.05) is 6.54 Å². The average Bonchev–Trinajstić information content (AvgIpc) is 2.48. The lowest BCUT2D eigenvalue weighted by Gasteiger charge is -2.26. The van der Waals surface area contributed by atoms with Crippen molar-refractivity contribution in [2.45, 2.75) is 38.8 Å². The maximum atomic E-state index is 6.04. The molecule has 2 rings (SSSR count). The Labute approximate surface area is 96.3 Å². The standard InChI is InChI=1S/C10H19ClN4/c1-2-14-8-15(13-10(14)11)9-6-4-3-5-7-12-9/h9,12H,2-8H2,1H3. The van der Waals surface area contributed by atoms with Gasteiger partial charge < -0.3 is 4.90 Å². The Hall–Kier alpha value is -0.480. The van der Waals surface area contributed by atoms with Crippen LogP contribution < -0.4 is 5.32 Å². The van der Waals surface area contributed by atoms with Gasteiger partial charge in [0.15, 0.2) is 0 Å². The lowest BCUT2D eigenvalue weighted by molar-refractivity contribution is 0.143. The Kier molecular flexibility index (Phi) is 3.70. The summed E-state index contributed by atoms with van der Waals surface area (Å²) in [4.78, 5) is 2.08. The van der Waals surface area contributed by atoms with E-state index in [1.165, 1.54) is 25.7 Å². The van der Waals surface area contributed by atoms with E-state index >= 15 is 0 Å². The normalized spacial score (nSPS) is 27.9. The first-order valence-electron chi connectivity index (χ1n) is 5.80. The lowest BCUT2D eigenvalue weighted by Crippen LogP contribution is -2.43. The molecule has 0 bridgehead atoms. The first kappa shape index (κ1) is 11.0. The molecule has 2 heterocycles. The molecule has 86 valence electrons. The maximum absolute atomic E-state index is 6.04. The SMILES string of the molecule is CCN1CN(C2CCCCCN2)N=C1Cl. The maximum Gasteiger partial charge on any atom is 0.218 e. The van der Waals surface area contributed by atoms with Gasteiger partial charge in [-0.3, -0.25) is 10.3 Å². The summed E-state index contributed by atoms with van der Waals surface area (Å²) >= 11 is 6.04. The van der Waals surface area contributed by atoms with E-state index in [0.29, 0.717) is 11.5 Å². The highest BCUT2D eigenvalue weighted by Gasteiger charge is 2.26. The third-order valence-electron chi connectivity index (χ3n) is 3.06. The molecule has 15 heavy (non-hydrogen) atoms. The zero-order chi connectivity index (χ0) is 10.7. The molecule has 0 amide bonds. The molecule has 0 radical (unpaired) electrons. The zero-order valence-corrected chi connectivity index (χ0v) is 10.0. The number of rotatable bonds is 2.